The minimum atomic E-state index is -0.294. The molecule has 21 heavy (non-hydrogen) atoms. The maximum Gasteiger partial charge on any atom is 0.146 e. The van der Waals surface area contributed by atoms with E-state index in [-0.39, 0.29) is 12.4 Å². The summed E-state index contributed by atoms with van der Waals surface area (Å²) in [5.41, 5.74) is 1.23. The zero-order chi connectivity index (χ0) is 14.8. The molecule has 0 aliphatic rings. The third-order valence-corrected chi connectivity index (χ3v) is 3.56. The monoisotopic (exact) mass is 282 g/mol. The van der Waals surface area contributed by atoms with E-state index in [1.807, 2.05) is 24.3 Å². The number of aliphatic hydroxyl groups excluding tert-OH is 1. The van der Waals surface area contributed by atoms with Gasteiger partial charge in [-0.05, 0) is 17.5 Å². The van der Waals surface area contributed by atoms with Crippen molar-refractivity contribution in [2.75, 3.05) is 11.9 Å². The number of pyridine rings is 1. The second-order valence-corrected chi connectivity index (χ2v) is 4.82. The summed E-state index contributed by atoms with van der Waals surface area (Å²) in [7, 11) is 1.78. The average molecular weight is 282 g/mol. The number of halogens is 1. The van der Waals surface area contributed by atoms with Gasteiger partial charge in [0.25, 0.3) is 0 Å². The van der Waals surface area contributed by atoms with Crippen LogP contribution in [0.1, 0.15) is 5.56 Å². The van der Waals surface area contributed by atoms with Crippen LogP contribution in [-0.4, -0.2) is 17.1 Å². The van der Waals surface area contributed by atoms with E-state index in [0.29, 0.717) is 11.5 Å². The normalized spacial score (nSPS) is 10.8. The zero-order valence-corrected chi connectivity index (χ0v) is 11.6. The molecule has 3 rings (SSSR count). The first-order valence-electron chi connectivity index (χ1n) is 6.68. The maximum absolute atomic E-state index is 14.0. The molecule has 0 unspecified atom stereocenters. The summed E-state index contributed by atoms with van der Waals surface area (Å²) in [6.07, 6.45) is 1.63. The van der Waals surface area contributed by atoms with Gasteiger partial charge in [-0.15, -0.1) is 0 Å². The first-order chi connectivity index (χ1) is 10.2. The smallest absolute Gasteiger partial charge is 0.146 e. The van der Waals surface area contributed by atoms with E-state index in [2.05, 4.69) is 4.98 Å². The van der Waals surface area contributed by atoms with Crippen LogP contribution >= 0.6 is 0 Å². The fraction of sp³-hybridized carbons (Fsp3) is 0.118. The Balaban J connectivity index is 2.19. The second-order valence-electron chi connectivity index (χ2n) is 4.82. The average Bonchev–Trinajstić information content (AvgIpc) is 2.53. The first-order valence-corrected chi connectivity index (χ1v) is 6.68. The lowest BCUT2D eigenvalue weighted by atomic mass is 10.1. The summed E-state index contributed by atoms with van der Waals surface area (Å²) >= 11 is 0. The van der Waals surface area contributed by atoms with Gasteiger partial charge >= 0.3 is 0 Å². The minimum Gasteiger partial charge on any atom is -0.392 e. The van der Waals surface area contributed by atoms with Crippen molar-refractivity contribution in [1.29, 1.82) is 0 Å². The summed E-state index contributed by atoms with van der Waals surface area (Å²) in [4.78, 5) is 6.12. The van der Waals surface area contributed by atoms with Crippen LogP contribution in [0.5, 0.6) is 0 Å². The van der Waals surface area contributed by atoms with Crippen LogP contribution in [0, 0.1) is 5.82 Å². The lowest BCUT2D eigenvalue weighted by Crippen LogP contribution is -2.13. The molecule has 1 aromatic heterocycles. The molecule has 1 N–H and O–H groups in total. The predicted octanol–water partition coefficient (Wildman–Crippen LogP) is 3.63. The Morgan fingerprint density at radius 1 is 1.05 bits per heavy atom. The van der Waals surface area contributed by atoms with Crippen molar-refractivity contribution in [2.45, 2.75) is 6.61 Å². The lowest BCUT2D eigenvalue weighted by Gasteiger charge is -2.21. The quantitative estimate of drug-likeness (QED) is 0.797. The van der Waals surface area contributed by atoms with E-state index in [4.69, 9.17) is 0 Å². The van der Waals surface area contributed by atoms with E-state index in [9.17, 15) is 9.50 Å². The van der Waals surface area contributed by atoms with E-state index < -0.39 is 0 Å². The number of rotatable bonds is 3. The highest BCUT2D eigenvalue weighted by molar-refractivity contribution is 5.95. The van der Waals surface area contributed by atoms with Crippen LogP contribution in [0.25, 0.3) is 10.8 Å². The van der Waals surface area contributed by atoms with Gasteiger partial charge in [0.15, 0.2) is 0 Å². The highest BCUT2D eigenvalue weighted by Gasteiger charge is 2.14. The van der Waals surface area contributed by atoms with Gasteiger partial charge < -0.3 is 10.0 Å². The van der Waals surface area contributed by atoms with Crippen LogP contribution in [0.3, 0.4) is 0 Å². The number of anilines is 2. The molecule has 0 amide bonds. The number of hydrogen-bond acceptors (Lipinski definition) is 3. The van der Waals surface area contributed by atoms with Crippen molar-refractivity contribution in [2.24, 2.45) is 0 Å². The Morgan fingerprint density at radius 3 is 2.43 bits per heavy atom. The molecule has 3 aromatic rings. The van der Waals surface area contributed by atoms with Crippen molar-refractivity contribution < 1.29 is 9.50 Å². The molecule has 106 valence electrons. The van der Waals surface area contributed by atoms with E-state index in [1.54, 1.807) is 36.3 Å². The van der Waals surface area contributed by atoms with Gasteiger partial charge in [-0.3, -0.25) is 0 Å². The zero-order valence-electron chi connectivity index (χ0n) is 11.6. The molecule has 0 aliphatic carbocycles. The summed E-state index contributed by atoms with van der Waals surface area (Å²) in [6.45, 7) is -0.0722. The molecule has 0 saturated carbocycles. The summed E-state index contributed by atoms with van der Waals surface area (Å²) in [6, 6.07) is 14.3. The number of aliphatic hydroxyl groups is 1. The van der Waals surface area contributed by atoms with Gasteiger partial charge in [-0.2, -0.15) is 0 Å². The van der Waals surface area contributed by atoms with Gasteiger partial charge in [0.1, 0.15) is 11.6 Å². The third kappa shape index (κ3) is 2.34. The topological polar surface area (TPSA) is 36.4 Å². The number of nitrogens with zero attached hydrogens (tertiary/aromatic N) is 2. The van der Waals surface area contributed by atoms with Crippen LogP contribution in [0.2, 0.25) is 0 Å². The molecular formula is C17H15FN2O. The van der Waals surface area contributed by atoms with E-state index in [0.717, 1.165) is 16.3 Å². The molecular weight excluding hydrogens is 267 g/mol. The minimum absolute atomic E-state index is 0.0722. The summed E-state index contributed by atoms with van der Waals surface area (Å²) in [5, 5.41) is 11.2. The van der Waals surface area contributed by atoms with E-state index in [1.165, 1.54) is 6.07 Å². The molecule has 3 nitrogen and oxygen atoms in total. The number of aromatic nitrogens is 1. The molecule has 0 spiro atoms. The second kappa shape index (κ2) is 5.50. The van der Waals surface area contributed by atoms with Crippen LogP contribution in [0.4, 0.5) is 15.9 Å². The predicted molar refractivity (Wildman–Crippen MR) is 82.1 cm³/mol. The number of fused-ring (bicyclic) bond motifs is 1. The lowest BCUT2D eigenvalue weighted by molar-refractivity contribution is 0.283. The fourth-order valence-corrected chi connectivity index (χ4v) is 2.47. The third-order valence-electron chi connectivity index (χ3n) is 3.56. The summed E-state index contributed by atoms with van der Waals surface area (Å²) in [5.74, 6) is 0.366. The summed E-state index contributed by atoms with van der Waals surface area (Å²) < 4.78 is 14.0. The molecule has 0 radical (unpaired) electrons. The molecule has 1 heterocycles. The Labute approximate surface area is 122 Å². The molecule has 2 aromatic carbocycles. The highest BCUT2D eigenvalue weighted by atomic mass is 19.1. The Bertz CT molecular complexity index is 789. The molecule has 0 bridgehead atoms. The van der Waals surface area contributed by atoms with Gasteiger partial charge in [0.05, 0.1) is 12.3 Å². The fourth-order valence-electron chi connectivity index (χ4n) is 2.47. The van der Waals surface area contributed by atoms with Crippen molar-refractivity contribution in [3.8, 4) is 0 Å². The molecule has 0 saturated heterocycles. The first kappa shape index (κ1) is 13.5. The van der Waals surface area contributed by atoms with Gasteiger partial charge in [0, 0.05) is 24.2 Å². The van der Waals surface area contributed by atoms with E-state index >= 15 is 0 Å². The van der Waals surface area contributed by atoms with Crippen molar-refractivity contribution in [1.82, 2.24) is 4.98 Å². The highest BCUT2D eigenvalue weighted by Crippen LogP contribution is 2.31. The van der Waals surface area contributed by atoms with Crippen LogP contribution in [-0.2, 0) is 6.61 Å². The van der Waals surface area contributed by atoms with Gasteiger partial charge in [-0.25, -0.2) is 9.37 Å². The Kier molecular flexibility index (Phi) is 3.54. The van der Waals surface area contributed by atoms with Crippen molar-refractivity contribution in [3.63, 3.8) is 0 Å². The van der Waals surface area contributed by atoms with Gasteiger partial charge in [0.2, 0.25) is 0 Å². The Hall–Kier alpha value is -2.46. The number of para-hydroxylation sites is 1. The van der Waals surface area contributed by atoms with Crippen molar-refractivity contribution >= 4 is 22.3 Å². The number of hydrogen-bond donors (Lipinski definition) is 1. The van der Waals surface area contributed by atoms with Crippen LogP contribution in [0.15, 0.2) is 54.7 Å². The molecule has 0 aliphatic heterocycles. The maximum atomic E-state index is 14.0. The molecule has 0 fully saturated rings. The standard InChI is InChI=1S/C17H15FN2O/c1-20(16-9-5-4-8-15(16)18)17-14-7-3-2-6-13(14)12(11-21)10-19-17/h2-10,21H,11H2,1H3. The van der Waals surface area contributed by atoms with Gasteiger partial charge in [-0.1, -0.05) is 36.4 Å². The largest absolute Gasteiger partial charge is 0.392 e. The van der Waals surface area contributed by atoms with Crippen LogP contribution < -0.4 is 4.90 Å². The molecule has 0 atom stereocenters. The number of benzene rings is 2. The molecule has 4 heteroatoms. The Morgan fingerprint density at radius 2 is 1.71 bits per heavy atom. The SMILES string of the molecule is CN(c1ccccc1F)c1ncc(CO)c2ccccc12. The van der Waals surface area contributed by atoms with Crippen molar-refractivity contribution in [3.05, 3.63) is 66.1 Å².